The quantitative estimate of drug-likeness (QED) is 0.0159. The average molecular weight is 1650 g/mol. The van der Waals surface area contributed by atoms with Crippen molar-refractivity contribution < 1.29 is 105 Å². The summed E-state index contributed by atoms with van der Waals surface area (Å²) in [5, 5.41) is 3.23. The van der Waals surface area contributed by atoms with Crippen molar-refractivity contribution in [3.8, 4) is 22.8 Å². The first kappa shape index (κ1) is 77.1. The number of halogens is 4. The number of esters is 5. The number of hydrogen-bond acceptors (Lipinski definition) is 18. The van der Waals surface area contributed by atoms with Gasteiger partial charge < -0.3 is 84.7 Å². The standard InChI is InChI=1S/C49H63F2N5O10.C38H46F2N6O6/c1-11-28(17-42(59)65-48(5,6)7)45(60)55-24-33(63-26(3)57)20-31(55)22-37-35-15-13-29(50)18-40(35)52-43(37)44-38(36-16-14-30(51)19-41(36)53-44)23-32-21-34(64-27(4)58)25-56(32)46(61)39(12-2)54-47(62)66-49(8,9)10;1-5-31(41)37(49)45-17-25(51-19(3)47)13-23(45)15-29-27-9-7-21(39)11-33(27)43-35(29)36-30(28-10-8-22(40)12-34(28)44-36)16-24-14-26(52-20(4)48)18-46(24)38(50)32(42)6-2/h13-16,18-19,28,31-34,39,52-53H,11-12,17,20-25H2,1-10H3,(H,54,62);7-12,23-26,31-32,43-44H,5-6,13-18,41-42H2,1-4H3/t28-,31+,32+,33+,34+,39+;23-,24-,25-,26-,31-,32-/m10/s1/i22D2,23D2;15D2,16D2. The number of nitrogens with zero attached hydrogens (tertiary/aromatic N) is 4. The second-order valence-corrected chi connectivity index (χ2v) is 32.3. The summed E-state index contributed by atoms with van der Waals surface area (Å²) in [6.07, 6.45) is -15.3. The summed E-state index contributed by atoms with van der Waals surface area (Å²) in [6, 6.07) is 5.83. The lowest BCUT2D eigenvalue weighted by atomic mass is 9.94. The fourth-order valence-corrected chi connectivity index (χ4v) is 15.7. The minimum Gasteiger partial charge on any atom is -0.461 e. The van der Waals surface area contributed by atoms with Crippen LogP contribution in [0.2, 0.25) is 0 Å². The highest BCUT2D eigenvalue weighted by molar-refractivity contribution is 5.99. The number of fused-ring (bicyclic) bond motifs is 4. The first-order valence-electron chi connectivity index (χ1n) is 43.7. The van der Waals surface area contributed by atoms with Crippen LogP contribution in [0.4, 0.5) is 22.4 Å². The number of hydrogen-bond donors (Lipinski definition) is 7. The molecule has 636 valence electrons. The molecule has 0 bridgehead atoms. The van der Waals surface area contributed by atoms with Crippen LogP contribution in [-0.2, 0) is 97.1 Å². The number of nitrogens with one attached hydrogen (secondary N) is 5. The molecule has 0 spiro atoms. The normalized spacial score (nSPS) is 22.0. The number of aromatic nitrogens is 4. The molecular formula is C87H109F4N11O16. The number of ether oxygens (including phenoxy) is 6. The van der Waals surface area contributed by atoms with Crippen molar-refractivity contribution in [3.05, 3.63) is 118 Å². The minimum absolute atomic E-state index is 0.0353. The second kappa shape index (κ2) is 36.6. The number of likely N-dealkylation sites (tertiary alicyclic amines) is 4. The Morgan fingerprint density at radius 3 is 0.966 bits per heavy atom. The Morgan fingerprint density at radius 2 is 0.712 bits per heavy atom. The molecule has 12 rings (SSSR count). The maximum atomic E-state index is 15.2. The van der Waals surface area contributed by atoms with E-state index in [1.54, 1.807) is 69.2 Å². The van der Waals surface area contributed by atoms with Crippen molar-refractivity contribution in [1.82, 2.24) is 44.9 Å². The Kier molecular flexibility index (Phi) is 23.9. The zero-order valence-corrected chi connectivity index (χ0v) is 68.5. The molecular weight excluding hydrogens is 1530 g/mol. The molecule has 4 saturated heterocycles. The lowest BCUT2D eigenvalue weighted by Gasteiger charge is -2.30. The Morgan fingerprint density at radius 1 is 0.432 bits per heavy atom. The lowest BCUT2D eigenvalue weighted by molar-refractivity contribution is -0.158. The molecule has 31 heteroatoms. The van der Waals surface area contributed by atoms with Gasteiger partial charge in [-0.25, -0.2) is 22.4 Å². The topological polar surface area (TPSA) is 366 Å². The maximum absolute atomic E-state index is 15.2. The number of H-pyrrole nitrogens is 4. The number of carbonyl (C=O) groups excluding carboxylic acids is 10. The van der Waals surface area contributed by atoms with Crippen LogP contribution < -0.4 is 16.8 Å². The van der Waals surface area contributed by atoms with E-state index in [9.17, 15) is 67.7 Å². The van der Waals surface area contributed by atoms with E-state index in [4.69, 9.17) is 39.9 Å². The van der Waals surface area contributed by atoms with Gasteiger partial charge in [0.1, 0.15) is 64.9 Å². The van der Waals surface area contributed by atoms with Gasteiger partial charge >= 0.3 is 35.9 Å². The van der Waals surface area contributed by atoms with E-state index in [1.807, 2.05) is 0 Å². The van der Waals surface area contributed by atoms with Crippen LogP contribution in [0.25, 0.3) is 66.4 Å². The molecule has 0 saturated carbocycles. The molecule has 9 N–H and O–H groups in total. The van der Waals surface area contributed by atoms with Gasteiger partial charge in [0.05, 0.1) is 67.5 Å². The van der Waals surface area contributed by atoms with E-state index in [0.29, 0.717) is 0 Å². The average Bonchev–Trinajstić information content (AvgIpc) is 1.56. The van der Waals surface area contributed by atoms with Crippen LogP contribution in [-0.4, -0.2) is 203 Å². The first-order chi connectivity index (χ1) is 58.7. The van der Waals surface area contributed by atoms with Gasteiger partial charge in [-0.1, -0.05) is 27.7 Å². The molecule has 8 aromatic rings. The van der Waals surface area contributed by atoms with Crippen LogP contribution in [0.15, 0.2) is 72.8 Å². The summed E-state index contributed by atoms with van der Waals surface area (Å²) >= 11 is 0. The third-order valence-corrected chi connectivity index (χ3v) is 20.9. The minimum atomic E-state index is -2.67. The number of rotatable bonds is 25. The highest BCUT2D eigenvalue weighted by Gasteiger charge is 2.46. The van der Waals surface area contributed by atoms with Crippen LogP contribution in [0.1, 0.15) is 188 Å². The molecule has 4 aliphatic rings. The Labute approximate surface area is 693 Å². The van der Waals surface area contributed by atoms with E-state index in [-0.39, 0.29) is 173 Å². The number of benzene rings is 4. The Bertz CT molecular complexity index is 5200. The number of carbonyl (C=O) groups is 10. The first-order valence-corrected chi connectivity index (χ1v) is 39.7. The summed E-state index contributed by atoms with van der Waals surface area (Å²) in [7, 11) is 0. The van der Waals surface area contributed by atoms with Crippen molar-refractivity contribution in [1.29, 1.82) is 0 Å². The van der Waals surface area contributed by atoms with Crippen molar-refractivity contribution in [2.45, 2.75) is 258 Å². The summed E-state index contributed by atoms with van der Waals surface area (Å²) in [4.78, 5) is 149. The van der Waals surface area contributed by atoms with Gasteiger partial charge in [0.15, 0.2) is 0 Å². The van der Waals surface area contributed by atoms with E-state index in [1.165, 1.54) is 71.6 Å². The largest absolute Gasteiger partial charge is 0.461 e. The number of aromatic amines is 4. The molecule has 4 aromatic carbocycles. The second-order valence-electron chi connectivity index (χ2n) is 32.3. The van der Waals surface area contributed by atoms with Crippen molar-refractivity contribution >= 4 is 103 Å². The fraction of sp³-hybridized carbons (Fsp3) is 0.517. The van der Waals surface area contributed by atoms with E-state index in [0.717, 1.165) is 48.5 Å². The predicted octanol–water partition coefficient (Wildman–Crippen LogP) is 12.0. The van der Waals surface area contributed by atoms with E-state index >= 15 is 8.78 Å². The van der Waals surface area contributed by atoms with Gasteiger partial charge in [0.2, 0.25) is 23.6 Å². The molecule has 118 heavy (non-hydrogen) atoms. The molecule has 4 aromatic heterocycles. The summed E-state index contributed by atoms with van der Waals surface area (Å²) in [5.74, 6) is -9.42. The number of alkyl carbamates (subject to hydrolysis) is 1. The molecule has 0 radical (unpaired) electrons. The van der Waals surface area contributed by atoms with Gasteiger partial charge in [0, 0.05) is 138 Å². The summed E-state index contributed by atoms with van der Waals surface area (Å²) in [5.41, 5.74) is 10.2. The predicted molar refractivity (Wildman–Crippen MR) is 433 cm³/mol. The molecule has 4 aliphatic heterocycles. The van der Waals surface area contributed by atoms with Crippen LogP contribution in [0, 0.1) is 29.2 Å². The van der Waals surface area contributed by atoms with Crippen molar-refractivity contribution in [3.63, 3.8) is 0 Å². The fourth-order valence-electron chi connectivity index (χ4n) is 15.7. The number of nitrogens with two attached hydrogens (primary N) is 2. The third-order valence-electron chi connectivity index (χ3n) is 20.9. The van der Waals surface area contributed by atoms with Crippen molar-refractivity contribution in [2.75, 3.05) is 26.2 Å². The van der Waals surface area contributed by atoms with Gasteiger partial charge in [0.25, 0.3) is 0 Å². The molecule has 5 amide bonds. The zero-order valence-electron chi connectivity index (χ0n) is 76.5. The zero-order chi connectivity index (χ0) is 93.0. The Balaban J connectivity index is 0.000000251. The van der Waals surface area contributed by atoms with E-state index < -0.39 is 192 Å². The third kappa shape index (κ3) is 20.6. The monoisotopic (exact) mass is 1650 g/mol. The molecule has 8 heterocycles. The van der Waals surface area contributed by atoms with E-state index in [2.05, 4.69) is 25.3 Å². The molecule has 4 fully saturated rings. The molecule has 0 unspecified atom stereocenters. The summed E-state index contributed by atoms with van der Waals surface area (Å²) < 4.78 is 173. The highest BCUT2D eigenvalue weighted by atomic mass is 19.1. The molecule has 0 aliphatic carbocycles. The molecule has 27 nitrogen and oxygen atoms in total. The highest BCUT2D eigenvalue weighted by Crippen LogP contribution is 2.44. The van der Waals surface area contributed by atoms with Gasteiger partial charge in [-0.15, -0.1) is 0 Å². The SMILES string of the molecule is [2H]C([2H])(c1c(-c2[nH]c3cc(F)ccc3c2C([2H])([2H])[C@@H]2C[C@H](OC(C)=O)CN2C(=O)[C@@H](N)CC)[nH]c2cc(F)ccc12)[C@@H]1C[C@H](OC(C)=O)CN1C(=O)[C@@H](N)CC.[2H]C([2H])(c1c(-c2[nH]c3cc(F)ccc3c2C([2H])([2H])[C@@H]2C[C@H](OC(C)=O)CN2C(=O)[C@H](CC)NC(=O)OC(C)(C)C)[nH]c2cc(F)ccc12)[C@@H]1C[C@H](OC(C)=O)CN1C(=O)[C@H](CC)CC(=O)OC(C)(C)C. The van der Waals surface area contributed by atoms with Gasteiger partial charge in [-0.2, -0.15) is 0 Å². The van der Waals surface area contributed by atoms with Crippen LogP contribution in [0.3, 0.4) is 0 Å². The smallest absolute Gasteiger partial charge is 0.408 e. The van der Waals surface area contributed by atoms with Crippen molar-refractivity contribution in [2.24, 2.45) is 17.4 Å². The lowest BCUT2D eigenvalue weighted by Crippen LogP contribution is -2.51. The summed E-state index contributed by atoms with van der Waals surface area (Å²) in [6.45, 7) is 20.7. The van der Waals surface area contributed by atoms with Gasteiger partial charge in [-0.05, 0) is 188 Å². The molecule has 12 atom stereocenters. The maximum Gasteiger partial charge on any atom is 0.408 e. The Hall–Kier alpha value is -10.8. The van der Waals surface area contributed by atoms with Gasteiger partial charge in [-0.3, -0.25) is 43.2 Å². The van der Waals surface area contributed by atoms with Crippen LogP contribution in [0.5, 0.6) is 0 Å². The van der Waals surface area contributed by atoms with Crippen LogP contribution >= 0.6 is 0 Å². The number of amides is 5.